The van der Waals surface area contributed by atoms with Crippen LogP contribution in [0.4, 0.5) is 0 Å². The molecule has 1 fully saturated rings. The lowest BCUT2D eigenvalue weighted by atomic mass is 9.91. The molecule has 0 aromatic carbocycles. The maximum atomic E-state index is 6.14. The fourth-order valence-corrected chi connectivity index (χ4v) is 2.10. The van der Waals surface area contributed by atoms with E-state index in [1.54, 1.807) is 6.26 Å². The highest BCUT2D eigenvalue weighted by Gasteiger charge is 2.20. The first-order valence-corrected chi connectivity index (χ1v) is 5.72. The second kappa shape index (κ2) is 5.33. The minimum atomic E-state index is 0.246. The van der Waals surface area contributed by atoms with E-state index in [9.17, 15) is 0 Å². The Labute approximate surface area is 90.6 Å². The first-order valence-electron chi connectivity index (χ1n) is 5.72. The zero-order valence-corrected chi connectivity index (χ0v) is 9.02. The topological polar surface area (TPSA) is 48.4 Å². The van der Waals surface area contributed by atoms with Crippen molar-refractivity contribution < 1.29 is 9.15 Å². The van der Waals surface area contributed by atoms with Gasteiger partial charge in [-0.15, -0.1) is 0 Å². The predicted octanol–water partition coefficient (Wildman–Crippen LogP) is 1.97. The van der Waals surface area contributed by atoms with E-state index in [1.807, 2.05) is 12.1 Å². The van der Waals surface area contributed by atoms with Gasteiger partial charge in [-0.1, -0.05) is 0 Å². The molecule has 1 aromatic rings. The summed E-state index contributed by atoms with van der Waals surface area (Å²) in [6.07, 6.45) is 6.00. The third-order valence-electron chi connectivity index (χ3n) is 3.11. The van der Waals surface area contributed by atoms with Crippen molar-refractivity contribution >= 4 is 0 Å². The number of ether oxygens (including phenoxy) is 1. The van der Waals surface area contributed by atoms with Gasteiger partial charge in [0.1, 0.15) is 5.76 Å². The Hall–Kier alpha value is -0.800. The lowest BCUT2D eigenvalue weighted by Gasteiger charge is -2.27. The average molecular weight is 209 g/mol. The van der Waals surface area contributed by atoms with Crippen molar-refractivity contribution in [1.29, 1.82) is 0 Å². The third-order valence-corrected chi connectivity index (χ3v) is 3.11. The van der Waals surface area contributed by atoms with Gasteiger partial charge in [0.15, 0.2) is 0 Å². The fraction of sp³-hybridized carbons (Fsp3) is 0.667. The van der Waals surface area contributed by atoms with Crippen LogP contribution in [0.25, 0.3) is 0 Å². The van der Waals surface area contributed by atoms with Crippen molar-refractivity contribution in [3.63, 3.8) is 0 Å². The molecule has 1 aliphatic rings. The molecule has 1 aliphatic heterocycles. The number of aryl methyl sites for hydroxylation is 1. The molecule has 0 bridgehead atoms. The molecule has 2 atom stereocenters. The van der Waals surface area contributed by atoms with Crippen LogP contribution in [0.3, 0.4) is 0 Å². The van der Waals surface area contributed by atoms with Crippen molar-refractivity contribution in [2.24, 2.45) is 11.7 Å². The molecular weight excluding hydrogens is 190 g/mol. The number of rotatable bonds is 4. The van der Waals surface area contributed by atoms with E-state index in [4.69, 9.17) is 14.9 Å². The van der Waals surface area contributed by atoms with Gasteiger partial charge in [-0.25, -0.2) is 0 Å². The molecule has 0 radical (unpaired) electrons. The Kier molecular flexibility index (Phi) is 3.80. The van der Waals surface area contributed by atoms with Gasteiger partial charge in [0.2, 0.25) is 0 Å². The predicted molar refractivity (Wildman–Crippen MR) is 58.5 cm³/mol. The summed E-state index contributed by atoms with van der Waals surface area (Å²) in [5, 5.41) is 0. The molecule has 0 aliphatic carbocycles. The number of hydrogen-bond acceptors (Lipinski definition) is 3. The summed E-state index contributed by atoms with van der Waals surface area (Å²) in [4.78, 5) is 0. The van der Waals surface area contributed by atoms with E-state index in [0.717, 1.165) is 38.2 Å². The zero-order chi connectivity index (χ0) is 10.5. The highest BCUT2D eigenvalue weighted by molar-refractivity contribution is 4.98. The lowest BCUT2D eigenvalue weighted by molar-refractivity contribution is 0.0437. The first-order chi connectivity index (χ1) is 7.36. The largest absolute Gasteiger partial charge is 0.469 e. The minimum absolute atomic E-state index is 0.246. The Balaban J connectivity index is 1.74. The van der Waals surface area contributed by atoms with Crippen LogP contribution in [-0.4, -0.2) is 19.3 Å². The van der Waals surface area contributed by atoms with Gasteiger partial charge in [-0.2, -0.15) is 0 Å². The normalized spacial score (nSPS) is 23.9. The van der Waals surface area contributed by atoms with Crippen molar-refractivity contribution in [3.05, 3.63) is 24.2 Å². The van der Waals surface area contributed by atoms with Crippen LogP contribution in [0, 0.1) is 5.92 Å². The van der Waals surface area contributed by atoms with Gasteiger partial charge in [-0.3, -0.25) is 0 Å². The van der Waals surface area contributed by atoms with E-state index >= 15 is 0 Å². The van der Waals surface area contributed by atoms with Crippen LogP contribution in [0.2, 0.25) is 0 Å². The summed E-state index contributed by atoms with van der Waals surface area (Å²) >= 11 is 0. The molecule has 3 nitrogen and oxygen atoms in total. The van der Waals surface area contributed by atoms with Gasteiger partial charge < -0.3 is 14.9 Å². The molecule has 2 heterocycles. The quantitative estimate of drug-likeness (QED) is 0.824. The van der Waals surface area contributed by atoms with Crippen LogP contribution in [0.15, 0.2) is 22.8 Å². The van der Waals surface area contributed by atoms with E-state index in [-0.39, 0.29) is 6.04 Å². The fourth-order valence-electron chi connectivity index (χ4n) is 2.10. The molecule has 2 rings (SSSR count). The highest BCUT2D eigenvalue weighted by Crippen LogP contribution is 2.19. The van der Waals surface area contributed by atoms with Crippen LogP contribution in [0.1, 0.15) is 25.0 Å². The number of nitrogens with two attached hydrogens (primary N) is 1. The van der Waals surface area contributed by atoms with Gasteiger partial charge in [0.05, 0.1) is 12.9 Å². The summed E-state index contributed by atoms with van der Waals surface area (Å²) in [5.74, 6) is 1.57. The number of hydrogen-bond donors (Lipinski definition) is 1. The second-order valence-corrected chi connectivity index (χ2v) is 4.26. The van der Waals surface area contributed by atoms with Crippen molar-refractivity contribution in [2.45, 2.75) is 31.7 Å². The smallest absolute Gasteiger partial charge is 0.103 e. The Morgan fingerprint density at radius 3 is 3.13 bits per heavy atom. The molecule has 15 heavy (non-hydrogen) atoms. The van der Waals surface area contributed by atoms with Crippen molar-refractivity contribution in [2.75, 3.05) is 13.2 Å². The van der Waals surface area contributed by atoms with Crippen molar-refractivity contribution in [1.82, 2.24) is 0 Å². The zero-order valence-electron chi connectivity index (χ0n) is 9.02. The summed E-state index contributed by atoms with van der Waals surface area (Å²) in [5.41, 5.74) is 6.14. The summed E-state index contributed by atoms with van der Waals surface area (Å²) < 4.78 is 10.7. The Bertz CT molecular complexity index is 265. The summed E-state index contributed by atoms with van der Waals surface area (Å²) in [6, 6.07) is 4.17. The monoisotopic (exact) mass is 209 g/mol. The Morgan fingerprint density at radius 1 is 1.53 bits per heavy atom. The molecule has 1 aromatic heterocycles. The summed E-state index contributed by atoms with van der Waals surface area (Å²) in [6.45, 7) is 1.74. The molecule has 0 saturated carbocycles. The first kappa shape index (κ1) is 10.7. The standard InChI is InChI=1S/C12H19NO2/c13-12(10-3-1-7-14-9-10)6-5-11-4-2-8-15-11/h2,4,8,10,12H,1,3,5-7,9,13H2. The maximum Gasteiger partial charge on any atom is 0.103 e. The molecule has 3 heteroatoms. The van der Waals surface area contributed by atoms with Gasteiger partial charge in [0, 0.05) is 19.1 Å². The minimum Gasteiger partial charge on any atom is -0.469 e. The lowest BCUT2D eigenvalue weighted by Crippen LogP contribution is -2.36. The molecule has 2 unspecified atom stereocenters. The molecule has 84 valence electrons. The molecule has 1 saturated heterocycles. The van der Waals surface area contributed by atoms with Crippen LogP contribution in [-0.2, 0) is 11.2 Å². The maximum absolute atomic E-state index is 6.14. The van der Waals surface area contributed by atoms with Crippen molar-refractivity contribution in [3.8, 4) is 0 Å². The van der Waals surface area contributed by atoms with Crippen LogP contribution >= 0.6 is 0 Å². The second-order valence-electron chi connectivity index (χ2n) is 4.26. The highest BCUT2D eigenvalue weighted by atomic mass is 16.5. The average Bonchev–Trinajstić information content (AvgIpc) is 2.80. The third kappa shape index (κ3) is 3.08. The molecule has 2 N–H and O–H groups in total. The van der Waals surface area contributed by atoms with E-state index in [0.29, 0.717) is 5.92 Å². The van der Waals surface area contributed by atoms with E-state index < -0.39 is 0 Å². The molecular formula is C12H19NO2. The number of furan rings is 1. The SMILES string of the molecule is NC(CCc1ccco1)C1CCCOC1. The van der Waals surface area contributed by atoms with Gasteiger partial charge >= 0.3 is 0 Å². The molecule has 0 amide bonds. The van der Waals surface area contributed by atoms with Crippen LogP contribution < -0.4 is 5.73 Å². The Morgan fingerprint density at radius 2 is 2.47 bits per heavy atom. The molecule has 0 spiro atoms. The van der Waals surface area contributed by atoms with E-state index in [1.165, 1.54) is 6.42 Å². The van der Waals surface area contributed by atoms with Gasteiger partial charge in [0.25, 0.3) is 0 Å². The van der Waals surface area contributed by atoms with Gasteiger partial charge in [-0.05, 0) is 37.3 Å². The van der Waals surface area contributed by atoms with E-state index in [2.05, 4.69) is 0 Å². The van der Waals surface area contributed by atoms with Crippen LogP contribution in [0.5, 0.6) is 0 Å². The summed E-state index contributed by atoms with van der Waals surface area (Å²) in [7, 11) is 0.